The van der Waals surface area contributed by atoms with Crippen molar-refractivity contribution in [2.75, 3.05) is 0 Å². The summed E-state index contributed by atoms with van der Waals surface area (Å²) in [5, 5.41) is 2.76. The Bertz CT molecular complexity index is 739. The van der Waals surface area contributed by atoms with Crippen molar-refractivity contribution >= 4 is 11.8 Å². The molecule has 1 atom stereocenters. The molecule has 4 nitrogen and oxygen atoms in total. The molecule has 27 heavy (non-hydrogen) atoms. The number of hydrogen-bond acceptors (Lipinski definition) is 2. The predicted octanol–water partition coefficient (Wildman–Crippen LogP) is 4.46. The lowest BCUT2D eigenvalue weighted by Crippen LogP contribution is -2.44. The van der Waals surface area contributed by atoms with Crippen LogP contribution < -0.4 is 11.1 Å². The maximum absolute atomic E-state index is 12.5. The molecule has 4 heteroatoms. The Morgan fingerprint density at radius 1 is 0.926 bits per heavy atom. The van der Waals surface area contributed by atoms with Crippen LogP contribution in [0.3, 0.4) is 0 Å². The zero-order valence-electron chi connectivity index (χ0n) is 15.7. The Morgan fingerprint density at radius 3 is 2.19 bits per heavy atom. The van der Waals surface area contributed by atoms with Gasteiger partial charge in [-0.3, -0.25) is 9.59 Å². The first-order valence-electron chi connectivity index (χ1n) is 9.48. The summed E-state index contributed by atoms with van der Waals surface area (Å²) in [5.74, 6) is -0.764. The van der Waals surface area contributed by atoms with Crippen molar-refractivity contribution in [3.05, 3.63) is 72.8 Å². The lowest BCUT2D eigenvalue weighted by molar-refractivity contribution is -0.120. The van der Waals surface area contributed by atoms with Crippen LogP contribution in [0.5, 0.6) is 0 Å². The number of unbranched alkanes of at least 4 members (excludes halogenated alkanes) is 4. The first-order chi connectivity index (χ1) is 13.1. The molecule has 0 bridgehead atoms. The van der Waals surface area contributed by atoms with E-state index in [2.05, 4.69) is 11.9 Å². The highest BCUT2D eigenvalue weighted by molar-refractivity contribution is 5.97. The van der Waals surface area contributed by atoms with Crippen molar-refractivity contribution in [2.45, 2.75) is 44.6 Å². The molecule has 0 fully saturated rings. The van der Waals surface area contributed by atoms with Gasteiger partial charge in [0.05, 0.1) is 0 Å². The molecule has 2 rings (SSSR count). The van der Waals surface area contributed by atoms with E-state index >= 15 is 0 Å². The molecule has 0 saturated heterocycles. The topological polar surface area (TPSA) is 72.2 Å². The highest BCUT2D eigenvalue weighted by atomic mass is 16.2. The second kappa shape index (κ2) is 11.0. The van der Waals surface area contributed by atoms with Crippen molar-refractivity contribution < 1.29 is 9.59 Å². The van der Waals surface area contributed by atoms with Crippen molar-refractivity contribution in [2.24, 2.45) is 5.73 Å². The number of benzene rings is 2. The maximum atomic E-state index is 12.5. The molecule has 2 aromatic carbocycles. The average molecular weight is 364 g/mol. The molecule has 0 aliphatic rings. The Morgan fingerprint density at radius 2 is 1.56 bits per heavy atom. The highest BCUT2D eigenvalue weighted by Gasteiger charge is 2.18. The monoisotopic (exact) mass is 364 g/mol. The molecule has 2 aromatic rings. The second-order valence-corrected chi connectivity index (χ2v) is 6.65. The maximum Gasteiger partial charge on any atom is 0.251 e. The number of hydrogen-bond donors (Lipinski definition) is 2. The molecule has 3 N–H and O–H groups in total. The molecular formula is C23H28N2O2. The molecule has 0 aliphatic carbocycles. The van der Waals surface area contributed by atoms with Gasteiger partial charge in [-0.2, -0.15) is 0 Å². The van der Waals surface area contributed by atoms with Gasteiger partial charge in [-0.05, 0) is 42.5 Å². The lowest BCUT2D eigenvalue weighted by Gasteiger charge is -2.15. The van der Waals surface area contributed by atoms with Gasteiger partial charge >= 0.3 is 0 Å². The zero-order valence-corrected chi connectivity index (χ0v) is 15.7. The summed E-state index contributed by atoms with van der Waals surface area (Å²) in [5.41, 5.74) is 8.11. The first-order valence-corrected chi connectivity index (χ1v) is 9.48. The van der Waals surface area contributed by atoms with Crippen LogP contribution in [0.4, 0.5) is 0 Å². The van der Waals surface area contributed by atoms with Gasteiger partial charge in [-0.1, -0.05) is 67.8 Å². The summed E-state index contributed by atoms with van der Waals surface area (Å²) in [4.78, 5) is 24.1. The molecule has 0 unspecified atom stereocenters. The van der Waals surface area contributed by atoms with Crippen LogP contribution in [0.1, 0.15) is 48.9 Å². The minimum atomic E-state index is -0.634. The van der Waals surface area contributed by atoms with E-state index in [0.717, 1.165) is 43.2 Å². The summed E-state index contributed by atoms with van der Waals surface area (Å²) in [7, 11) is 0. The van der Waals surface area contributed by atoms with Crippen molar-refractivity contribution in [1.29, 1.82) is 0 Å². The third-order valence-electron chi connectivity index (χ3n) is 4.55. The van der Waals surface area contributed by atoms with Gasteiger partial charge in [0.2, 0.25) is 5.91 Å². The van der Waals surface area contributed by atoms with E-state index in [0.29, 0.717) is 12.0 Å². The highest BCUT2D eigenvalue weighted by Crippen LogP contribution is 2.19. The normalized spacial score (nSPS) is 11.6. The number of primary amides is 1. The van der Waals surface area contributed by atoms with Gasteiger partial charge in [0, 0.05) is 5.56 Å². The van der Waals surface area contributed by atoms with E-state index in [9.17, 15) is 9.59 Å². The molecule has 0 aliphatic heterocycles. The fourth-order valence-corrected chi connectivity index (χ4v) is 2.96. The van der Waals surface area contributed by atoms with Gasteiger partial charge in [0.25, 0.3) is 5.91 Å². The Kier molecular flexibility index (Phi) is 8.30. The number of nitrogens with two attached hydrogens (primary N) is 1. The van der Waals surface area contributed by atoms with Gasteiger partial charge in [0.15, 0.2) is 0 Å². The number of carbonyl (C=O) groups excluding carboxylic acids is 2. The number of carbonyl (C=O) groups is 2. The minimum Gasteiger partial charge on any atom is -0.368 e. The molecule has 0 heterocycles. The Hall–Kier alpha value is -2.88. The van der Waals surface area contributed by atoms with Crippen LogP contribution in [-0.4, -0.2) is 17.9 Å². The Balaban J connectivity index is 1.89. The van der Waals surface area contributed by atoms with Crippen LogP contribution >= 0.6 is 0 Å². The molecule has 0 aromatic heterocycles. The summed E-state index contributed by atoms with van der Waals surface area (Å²) >= 11 is 0. The summed E-state index contributed by atoms with van der Waals surface area (Å²) in [6.07, 6.45) is 7.55. The van der Waals surface area contributed by atoms with Crippen LogP contribution in [0.25, 0.3) is 11.1 Å². The largest absolute Gasteiger partial charge is 0.368 e. The van der Waals surface area contributed by atoms with E-state index in [-0.39, 0.29) is 5.91 Å². The van der Waals surface area contributed by atoms with Crippen LogP contribution in [0.2, 0.25) is 0 Å². The van der Waals surface area contributed by atoms with E-state index in [1.165, 1.54) is 0 Å². The van der Waals surface area contributed by atoms with Crippen molar-refractivity contribution in [1.82, 2.24) is 5.32 Å². The summed E-state index contributed by atoms with van der Waals surface area (Å²) in [6.45, 7) is 3.71. The SMILES string of the molecule is C=CCCCCCC[C@H](NC(=O)c1ccc(-c2ccccc2)cc1)C(N)=O. The fraction of sp³-hybridized carbons (Fsp3) is 0.304. The third-order valence-corrected chi connectivity index (χ3v) is 4.55. The van der Waals surface area contributed by atoms with Crippen LogP contribution in [0.15, 0.2) is 67.3 Å². The molecule has 0 radical (unpaired) electrons. The molecule has 0 spiro atoms. The summed E-state index contributed by atoms with van der Waals surface area (Å²) < 4.78 is 0. The minimum absolute atomic E-state index is 0.273. The smallest absolute Gasteiger partial charge is 0.251 e. The molecule has 0 saturated carbocycles. The van der Waals surface area contributed by atoms with Gasteiger partial charge < -0.3 is 11.1 Å². The predicted molar refractivity (Wildman–Crippen MR) is 110 cm³/mol. The van der Waals surface area contributed by atoms with Crippen LogP contribution in [-0.2, 0) is 4.79 Å². The number of allylic oxidation sites excluding steroid dienone is 1. The number of amides is 2. The Labute approximate surface area is 161 Å². The first kappa shape index (κ1) is 20.4. The van der Waals surface area contributed by atoms with Gasteiger partial charge in [-0.15, -0.1) is 6.58 Å². The van der Waals surface area contributed by atoms with Crippen molar-refractivity contribution in [3.63, 3.8) is 0 Å². The van der Waals surface area contributed by atoms with Crippen molar-refractivity contribution in [3.8, 4) is 11.1 Å². The third kappa shape index (κ3) is 6.74. The second-order valence-electron chi connectivity index (χ2n) is 6.65. The summed E-state index contributed by atoms with van der Waals surface area (Å²) in [6, 6.07) is 16.7. The molecule has 142 valence electrons. The molecule has 2 amide bonds. The molecular weight excluding hydrogens is 336 g/mol. The van der Waals surface area contributed by atoms with Gasteiger partial charge in [0.1, 0.15) is 6.04 Å². The van der Waals surface area contributed by atoms with E-state index in [1.54, 1.807) is 12.1 Å². The number of nitrogens with one attached hydrogen (secondary N) is 1. The van der Waals surface area contributed by atoms with Gasteiger partial charge in [-0.25, -0.2) is 0 Å². The lowest BCUT2D eigenvalue weighted by atomic mass is 10.0. The quantitative estimate of drug-likeness (QED) is 0.456. The van der Waals surface area contributed by atoms with E-state index < -0.39 is 11.9 Å². The average Bonchev–Trinajstić information content (AvgIpc) is 2.70. The van der Waals surface area contributed by atoms with E-state index in [4.69, 9.17) is 5.73 Å². The number of rotatable bonds is 11. The standard InChI is InChI=1S/C23H28N2O2/c1-2-3-4-5-6-10-13-21(22(24)26)25-23(27)20-16-14-19(15-17-20)18-11-8-7-9-12-18/h2,7-9,11-12,14-17,21H,1,3-6,10,13H2,(H2,24,26)(H,25,27)/t21-/m0/s1. The van der Waals surface area contributed by atoms with E-state index in [1.807, 2.05) is 48.5 Å². The van der Waals surface area contributed by atoms with Crippen LogP contribution in [0, 0.1) is 0 Å². The zero-order chi connectivity index (χ0) is 19.5. The fourth-order valence-electron chi connectivity index (χ4n) is 2.96.